The van der Waals surface area contributed by atoms with Gasteiger partial charge in [0.15, 0.2) is 0 Å². The van der Waals surface area contributed by atoms with Gasteiger partial charge < -0.3 is 4.90 Å². The van der Waals surface area contributed by atoms with Crippen molar-refractivity contribution in [1.29, 1.82) is 0 Å². The monoisotopic (exact) mass is 219 g/mol. The predicted molar refractivity (Wildman–Crippen MR) is 59.3 cm³/mol. The minimum atomic E-state index is -2.39. The molecule has 1 fully saturated rings. The van der Waals surface area contributed by atoms with E-state index in [0.717, 1.165) is 18.9 Å². The molecule has 1 heterocycles. The maximum atomic E-state index is 12.8. The summed E-state index contributed by atoms with van der Waals surface area (Å²) in [6.45, 7) is 6.61. The first-order chi connectivity index (χ1) is 6.99. The van der Waals surface area contributed by atoms with Crippen molar-refractivity contribution in [2.24, 2.45) is 5.92 Å². The van der Waals surface area contributed by atoms with E-state index in [1.54, 1.807) is 0 Å². The Morgan fingerprint density at radius 1 is 1.13 bits per heavy atom. The number of piperidine rings is 1. The quantitative estimate of drug-likeness (QED) is 0.639. The third-order valence-corrected chi connectivity index (χ3v) is 3.09. The topological polar surface area (TPSA) is 3.24 Å². The van der Waals surface area contributed by atoms with E-state index >= 15 is 0 Å². The van der Waals surface area contributed by atoms with Gasteiger partial charge in [-0.1, -0.05) is 26.7 Å². The summed E-state index contributed by atoms with van der Waals surface area (Å²) in [5.41, 5.74) is 0. The number of unbranched alkanes of at least 4 members (excludes halogenated alkanes) is 1. The van der Waals surface area contributed by atoms with Crippen LogP contribution in [-0.4, -0.2) is 30.5 Å². The van der Waals surface area contributed by atoms with Crippen molar-refractivity contribution in [3.05, 3.63) is 0 Å². The fraction of sp³-hybridized carbons (Fsp3) is 1.00. The number of likely N-dealkylation sites (tertiary alicyclic amines) is 1. The lowest BCUT2D eigenvalue weighted by molar-refractivity contribution is -0.0552. The lowest BCUT2D eigenvalue weighted by Crippen LogP contribution is -2.39. The highest BCUT2D eigenvalue weighted by atomic mass is 19.3. The largest absolute Gasteiger partial charge is 0.303 e. The molecule has 0 spiro atoms. The Kier molecular flexibility index (Phi) is 4.97. The maximum absolute atomic E-state index is 12.8. The number of nitrogens with zero attached hydrogens (tertiary/aromatic N) is 1. The van der Waals surface area contributed by atoms with Gasteiger partial charge in [-0.3, -0.25) is 0 Å². The van der Waals surface area contributed by atoms with Crippen molar-refractivity contribution < 1.29 is 8.78 Å². The van der Waals surface area contributed by atoms with E-state index in [4.69, 9.17) is 0 Å². The third kappa shape index (κ3) is 5.45. The molecule has 0 aliphatic carbocycles. The Hall–Kier alpha value is -0.180. The normalized spacial score (nSPS) is 22.2. The van der Waals surface area contributed by atoms with Crippen LogP contribution in [-0.2, 0) is 0 Å². The second-order valence-electron chi connectivity index (χ2n) is 5.09. The molecule has 90 valence electrons. The molecule has 0 radical (unpaired) electrons. The number of hydrogen-bond donors (Lipinski definition) is 0. The van der Waals surface area contributed by atoms with E-state index in [1.807, 2.05) is 0 Å². The Bertz CT molecular complexity index is 170. The smallest absolute Gasteiger partial charge is 0.250 e. The van der Waals surface area contributed by atoms with Crippen molar-refractivity contribution in [3.8, 4) is 0 Å². The summed E-state index contributed by atoms with van der Waals surface area (Å²) in [5, 5.41) is 0. The highest BCUT2D eigenvalue weighted by molar-refractivity contribution is 4.77. The fourth-order valence-electron chi connectivity index (χ4n) is 1.99. The standard InChI is InChI=1S/C12H23F2N/c1-11(2)5-3-4-8-15-9-6-12(13,14)7-10-15/h11H,3-10H2,1-2H3. The van der Waals surface area contributed by atoms with Crippen LogP contribution in [0.3, 0.4) is 0 Å². The van der Waals surface area contributed by atoms with Crippen LogP contribution in [0.25, 0.3) is 0 Å². The molecular weight excluding hydrogens is 196 g/mol. The molecule has 0 N–H and O–H groups in total. The highest BCUT2D eigenvalue weighted by Gasteiger charge is 2.33. The van der Waals surface area contributed by atoms with Crippen LogP contribution in [0.2, 0.25) is 0 Å². The van der Waals surface area contributed by atoms with Gasteiger partial charge in [0.05, 0.1) is 0 Å². The van der Waals surface area contributed by atoms with Crippen molar-refractivity contribution in [2.75, 3.05) is 19.6 Å². The van der Waals surface area contributed by atoms with Crippen LogP contribution in [0.4, 0.5) is 8.78 Å². The number of halogens is 2. The van der Waals surface area contributed by atoms with Crippen LogP contribution >= 0.6 is 0 Å². The highest BCUT2D eigenvalue weighted by Crippen LogP contribution is 2.27. The Labute approximate surface area is 91.8 Å². The van der Waals surface area contributed by atoms with Crippen LogP contribution < -0.4 is 0 Å². The molecular formula is C12H23F2N. The summed E-state index contributed by atoms with van der Waals surface area (Å²) in [7, 11) is 0. The lowest BCUT2D eigenvalue weighted by atomic mass is 10.0. The van der Waals surface area contributed by atoms with Crippen molar-refractivity contribution in [2.45, 2.75) is 51.9 Å². The summed E-state index contributed by atoms with van der Waals surface area (Å²) >= 11 is 0. The van der Waals surface area contributed by atoms with Crippen molar-refractivity contribution >= 4 is 0 Å². The molecule has 0 atom stereocenters. The van der Waals surface area contributed by atoms with Crippen LogP contribution in [0, 0.1) is 5.92 Å². The first-order valence-electron chi connectivity index (χ1n) is 6.10. The zero-order valence-electron chi connectivity index (χ0n) is 9.94. The third-order valence-electron chi connectivity index (χ3n) is 3.09. The molecule has 1 aliphatic heterocycles. The molecule has 0 amide bonds. The SMILES string of the molecule is CC(C)CCCCN1CCC(F)(F)CC1. The molecule has 0 aromatic heterocycles. The lowest BCUT2D eigenvalue weighted by Gasteiger charge is -2.31. The van der Waals surface area contributed by atoms with E-state index in [-0.39, 0.29) is 12.8 Å². The molecule has 1 nitrogen and oxygen atoms in total. The summed E-state index contributed by atoms with van der Waals surface area (Å²) < 4.78 is 25.7. The summed E-state index contributed by atoms with van der Waals surface area (Å²) in [6.07, 6.45) is 3.74. The van der Waals surface area contributed by atoms with Gasteiger partial charge in [0, 0.05) is 25.9 Å². The second-order valence-corrected chi connectivity index (χ2v) is 5.09. The molecule has 0 aromatic carbocycles. The van der Waals surface area contributed by atoms with E-state index in [2.05, 4.69) is 18.7 Å². The fourth-order valence-corrected chi connectivity index (χ4v) is 1.99. The van der Waals surface area contributed by atoms with Gasteiger partial charge in [-0.2, -0.15) is 0 Å². The average Bonchev–Trinajstić information content (AvgIpc) is 2.14. The summed E-state index contributed by atoms with van der Waals surface area (Å²) in [4.78, 5) is 2.18. The van der Waals surface area contributed by atoms with Gasteiger partial charge in [-0.15, -0.1) is 0 Å². The molecule has 0 aromatic rings. The summed E-state index contributed by atoms with van der Waals surface area (Å²) in [5.74, 6) is -1.63. The minimum Gasteiger partial charge on any atom is -0.303 e. The average molecular weight is 219 g/mol. The van der Waals surface area contributed by atoms with Gasteiger partial charge in [0.2, 0.25) is 0 Å². The van der Waals surface area contributed by atoms with Crippen molar-refractivity contribution in [3.63, 3.8) is 0 Å². The van der Waals surface area contributed by atoms with Crippen LogP contribution in [0.1, 0.15) is 46.0 Å². The van der Waals surface area contributed by atoms with E-state index < -0.39 is 5.92 Å². The van der Waals surface area contributed by atoms with Crippen molar-refractivity contribution in [1.82, 2.24) is 4.90 Å². The van der Waals surface area contributed by atoms with Gasteiger partial charge in [0.1, 0.15) is 0 Å². The first kappa shape index (κ1) is 12.9. The number of alkyl halides is 2. The summed E-state index contributed by atoms with van der Waals surface area (Å²) in [6, 6.07) is 0. The predicted octanol–water partition coefficient (Wildman–Crippen LogP) is 3.54. The van der Waals surface area contributed by atoms with Crippen LogP contribution in [0.5, 0.6) is 0 Å². The second kappa shape index (κ2) is 5.78. The molecule has 1 saturated heterocycles. The van der Waals surface area contributed by atoms with Gasteiger partial charge in [-0.25, -0.2) is 8.78 Å². The van der Waals surface area contributed by atoms with Gasteiger partial charge in [-0.05, 0) is 18.9 Å². The van der Waals surface area contributed by atoms with E-state index in [9.17, 15) is 8.78 Å². The Morgan fingerprint density at radius 2 is 1.73 bits per heavy atom. The van der Waals surface area contributed by atoms with E-state index in [1.165, 1.54) is 12.8 Å². The Balaban J connectivity index is 2.04. The molecule has 0 unspecified atom stereocenters. The molecule has 1 aliphatic rings. The number of hydrogen-bond acceptors (Lipinski definition) is 1. The van der Waals surface area contributed by atoms with E-state index in [0.29, 0.717) is 13.1 Å². The molecule has 0 bridgehead atoms. The molecule has 3 heteroatoms. The zero-order chi connectivity index (χ0) is 11.3. The van der Waals surface area contributed by atoms with Gasteiger partial charge >= 0.3 is 0 Å². The molecule has 15 heavy (non-hydrogen) atoms. The Morgan fingerprint density at radius 3 is 2.27 bits per heavy atom. The first-order valence-corrected chi connectivity index (χ1v) is 6.10. The molecule has 1 rings (SSSR count). The van der Waals surface area contributed by atoms with Gasteiger partial charge in [0.25, 0.3) is 5.92 Å². The number of rotatable bonds is 5. The maximum Gasteiger partial charge on any atom is 0.250 e. The molecule has 0 saturated carbocycles. The van der Waals surface area contributed by atoms with Crippen LogP contribution in [0.15, 0.2) is 0 Å². The zero-order valence-corrected chi connectivity index (χ0v) is 9.94. The minimum absolute atomic E-state index is 0.0528.